The predicted molar refractivity (Wildman–Crippen MR) is 106 cm³/mol. The first-order chi connectivity index (χ1) is 13.2. The zero-order valence-corrected chi connectivity index (χ0v) is 16.1. The molecule has 1 amide bonds. The summed E-state index contributed by atoms with van der Waals surface area (Å²) in [4.78, 5) is 15.0. The summed E-state index contributed by atoms with van der Waals surface area (Å²) in [6.45, 7) is 6.42. The van der Waals surface area contributed by atoms with Gasteiger partial charge in [-0.05, 0) is 30.2 Å². The summed E-state index contributed by atoms with van der Waals surface area (Å²) in [6, 6.07) is 16.3. The number of morpholine rings is 1. The predicted octanol–water partition coefficient (Wildman–Crippen LogP) is 2.94. The van der Waals surface area contributed by atoms with Gasteiger partial charge in [0.1, 0.15) is 0 Å². The molecule has 1 unspecified atom stereocenters. The van der Waals surface area contributed by atoms with Crippen molar-refractivity contribution in [2.24, 2.45) is 0 Å². The van der Waals surface area contributed by atoms with Gasteiger partial charge in [-0.3, -0.25) is 9.69 Å². The van der Waals surface area contributed by atoms with Crippen LogP contribution in [0.15, 0.2) is 48.5 Å². The van der Waals surface area contributed by atoms with Crippen molar-refractivity contribution in [2.45, 2.75) is 19.6 Å². The van der Waals surface area contributed by atoms with E-state index in [1.807, 2.05) is 24.3 Å². The topological polar surface area (TPSA) is 50.8 Å². The molecule has 0 aromatic heterocycles. The Morgan fingerprint density at radius 2 is 1.78 bits per heavy atom. The van der Waals surface area contributed by atoms with E-state index in [0.29, 0.717) is 18.7 Å². The second-order valence-electron chi connectivity index (χ2n) is 6.91. The molecule has 1 aliphatic heterocycles. The van der Waals surface area contributed by atoms with Crippen molar-refractivity contribution in [3.8, 4) is 0 Å². The van der Waals surface area contributed by atoms with Crippen LogP contribution in [0.5, 0.6) is 0 Å². The number of benzene rings is 2. The third-order valence-electron chi connectivity index (χ3n) is 4.93. The molecule has 5 heteroatoms. The number of nitrogens with zero attached hydrogens (tertiary/aromatic N) is 1. The number of carbonyl (C=O) groups is 1. The number of methoxy groups -OCH3 is 1. The minimum Gasteiger partial charge on any atom is -0.380 e. The summed E-state index contributed by atoms with van der Waals surface area (Å²) in [5.74, 6) is -0.0515. The van der Waals surface area contributed by atoms with Crippen LogP contribution < -0.4 is 5.32 Å². The summed E-state index contributed by atoms with van der Waals surface area (Å²) in [6.07, 6.45) is 0. The third kappa shape index (κ3) is 5.39. The Kier molecular flexibility index (Phi) is 6.98. The Bertz CT molecular complexity index is 722. The monoisotopic (exact) mass is 368 g/mol. The van der Waals surface area contributed by atoms with E-state index in [1.165, 1.54) is 11.1 Å². The van der Waals surface area contributed by atoms with Gasteiger partial charge in [0.25, 0.3) is 5.91 Å². The summed E-state index contributed by atoms with van der Waals surface area (Å²) in [7, 11) is 1.66. The molecule has 2 aromatic carbocycles. The maximum atomic E-state index is 12.6. The van der Waals surface area contributed by atoms with Crippen molar-refractivity contribution in [1.29, 1.82) is 0 Å². The van der Waals surface area contributed by atoms with Crippen LogP contribution >= 0.6 is 0 Å². The molecule has 1 fully saturated rings. The molecule has 1 N–H and O–H groups in total. The largest absolute Gasteiger partial charge is 0.380 e. The van der Waals surface area contributed by atoms with E-state index >= 15 is 0 Å². The highest BCUT2D eigenvalue weighted by molar-refractivity contribution is 5.94. The van der Waals surface area contributed by atoms with E-state index < -0.39 is 0 Å². The first kappa shape index (κ1) is 19.5. The van der Waals surface area contributed by atoms with Gasteiger partial charge in [0.15, 0.2) is 0 Å². The number of ether oxygens (including phenoxy) is 2. The standard InChI is InChI=1S/C22H28N2O3/c1-17-3-7-19(8-4-17)21(24-11-13-27-14-12-24)15-23-22(25)20-9-5-18(6-10-20)16-26-2/h3-10,21H,11-16H2,1-2H3,(H,23,25). The van der Waals surface area contributed by atoms with Gasteiger partial charge in [0.05, 0.1) is 25.9 Å². The Balaban J connectivity index is 1.67. The number of nitrogens with one attached hydrogen (secondary N) is 1. The van der Waals surface area contributed by atoms with Crippen LogP contribution in [0.4, 0.5) is 0 Å². The lowest BCUT2D eigenvalue weighted by Gasteiger charge is -2.35. The Morgan fingerprint density at radius 3 is 2.41 bits per heavy atom. The lowest BCUT2D eigenvalue weighted by Crippen LogP contribution is -2.43. The van der Waals surface area contributed by atoms with Gasteiger partial charge in [-0.2, -0.15) is 0 Å². The van der Waals surface area contributed by atoms with Crippen molar-refractivity contribution >= 4 is 5.91 Å². The van der Waals surface area contributed by atoms with Gasteiger partial charge in [-0.25, -0.2) is 0 Å². The smallest absolute Gasteiger partial charge is 0.251 e. The molecule has 1 saturated heterocycles. The fraction of sp³-hybridized carbons (Fsp3) is 0.409. The minimum atomic E-state index is -0.0515. The summed E-state index contributed by atoms with van der Waals surface area (Å²) in [5.41, 5.74) is 4.18. The van der Waals surface area contributed by atoms with Gasteiger partial charge >= 0.3 is 0 Å². The van der Waals surface area contributed by atoms with Crippen LogP contribution in [0.25, 0.3) is 0 Å². The van der Waals surface area contributed by atoms with E-state index in [4.69, 9.17) is 9.47 Å². The molecule has 2 aromatic rings. The molecular formula is C22H28N2O3. The van der Waals surface area contributed by atoms with Crippen LogP contribution in [-0.2, 0) is 16.1 Å². The summed E-state index contributed by atoms with van der Waals surface area (Å²) in [5, 5.41) is 3.11. The zero-order chi connectivity index (χ0) is 19.1. The molecule has 0 bridgehead atoms. The molecule has 0 saturated carbocycles. The molecule has 144 valence electrons. The van der Waals surface area contributed by atoms with Gasteiger partial charge in [-0.15, -0.1) is 0 Å². The van der Waals surface area contributed by atoms with Gasteiger partial charge in [-0.1, -0.05) is 42.0 Å². The number of carbonyl (C=O) groups excluding carboxylic acids is 1. The number of amides is 1. The van der Waals surface area contributed by atoms with E-state index in [1.54, 1.807) is 7.11 Å². The molecule has 1 atom stereocenters. The van der Waals surface area contributed by atoms with E-state index in [-0.39, 0.29) is 11.9 Å². The number of hydrogen-bond acceptors (Lipinski definition) is 4. The van der Waals surface area contributed by atoms with Gasteiger partial charge < -0.3 is 14.8 Å². The van der Waals surface area contributed by atoms with Gasteiger partial charge in [0, 0.05) is 32.3 Å². The van der Waals surface area contributed by atoms with Crippen molar-refractivity contribution in [3.05, 3.63) is 70.8 Å². The molecule has 0 spiro atoms. The molecule has 0 radical (unpaired) electrons. The van der Waals surface area contributed by atoms with Crippen LogP contribution in [0.1, 0.15) is 33.1 Å². The fourth-order valence-electron chi connectivity index (χ4n) is 3.35. The maximum Gasteiger partial charge on any atom is 0.251 e. The van der Waals surface area contributed by atoms with Crippen LogP contribution in [-0.4, -0.2) is 50.8 Å². The second-order valence-corrected chi connectivity index (χ2v) is 6.91. The van der Waals surface area contributed by atoms with E-state index in [0.717, 1.165) is 31.9 Å². The molecule has 3 rings (SSSR count). The van der Waals surface area contributed by atoms with Crippen LogP contribution in [0.2, 0.25) is 0 Å². The Labute approximate surface area is 161 Å². The molecule has 0 aliphatic carbocycles. The molecular weight excluding hydrogens is 340 g/mol. The number of hydrogen-bond donors (Lipinski definition) is 1. The molecule has 27 heavy (non-hydrogen) atoms. The maximum absolute atomic E-state index is 12.6. The highest BCUT2D eigenvalue weighted by Crippen LogP contribution is 2.22. The lowest BCUT2D eigenvalue weighted by molar-refractivity contribution is 0.0162. The summed E-state index contributed by atoms with van der Waals surface area (Å²) < 4.78 is 10.6. The van der Waals surface area contributed by atoms with Crippen molar-refractivity contribution in [2.75, 3.05) is 40.0 Å². The highest BCUT2D eigenvalue weighted by atomic mass is 16.5. The third-order valence-corrected chi connectivity index (χ3v) is 4.93. The van der Waals surface area contributed by atoms with Gasteiger partial charge in [0.2, 0.25) is 0 Å². The van der Waals surface area contributed by atoms with E-state index in [9.17, 15) is 4.79 Å². The molecule has 1 heterocycles. The highest BCUT2D eigenvalue weighted by Gasteiger charge is 2.23. The van der Waals surface area contributed by atoms with Crippen LogP contribution in [0.3, 0.4) is 0 Å². The average Bonchev–Trinajstić information content (AvgIpc) is 2.71. The number of rotatable bonds is 7. The summed E-state index contributed by atoms with van der Waals surface area (Å²) >= 11 is 0. The molecule has 5 nitrogen and oxygen atoms in total. The number of aryl methyl sites for hydroxylation is 1. The zero-order valence-electron chi connectivity index (χ0n) is 16.1. The first-order valence-electron chi connectivity index (χ1n) is 9.42. The van der Waals surface area contributed by atoms with Crippen LogP contribution in [0, 0.1) is 6.92 Å². The van der Waals surface area contributed by atoms with Crippen molar-refractivity contribution < 1.29 is 14.3 Å². The van der Waals surface area contributed by atoms with Crippen molar-refractivity contribution in [1.82, 2.24) is 10.2 Å². The average molecular weight is 368 g/mol. The van der Waals surface area contributed by atoms with Crippen molar-refractivity contribution in [3.63, 3.8) is 0 Å². The quantitative estimate of drug-likeness (QED) is 0.816. The first-order valence-corrected chi connectivity index (χ1v) is 9.42. The normalized spacial score (nSPS) is 16.1. The Hall–Kier alpha value is -2.21. The lowest BCUT2D eigenvalue weighted by atomic mass is 10.0. The van der Waals surface area contributed by atoms with E-state index in [2.05, 4.69) is 41.4 Å². The fourth-order valence-corrected chi connectivity index (χ4v) is 3.35. The second kappa shape index (κ2) is 9.65. The Morgan fingerprint density at radius 1 is 1.11 bits per heavy atom. The minimum absolute atomic E-state index is 0.0515. The SMILES string of the molecule is COCc1ccc(C(=O)NCC(c2ccc(C)cc2)N2CCOCC2)cc1. The molecule has 1 aliphatic rings.